The van der Waals surface area contributed by atoms with E-state index < -0.39 is 15.7 Å². The van der Waals surface area contributed by atoms with Gasteiger partial charge in [-0.3, -0.25) is 4.79 Å². The molecule has 0 bridgehead atoms. The zero-order valence-electron chi connectivity index (χ0n) is 16.5. The first-order valence-electron chi connectivity index (χ1n) is 9.04. The van der Waals surface area contributed by atoms with Gasteiger partial charge in [-0.15, -0.1) is 0 Å². The van der Waals surface area contributed by atoms with Crippen LogP contribution in [-0.4, -0.2) is 20.5 Å². The lowest BCUT2D eigenvalue weighted by molar-refractivity contribution is 0.0926. The van der Waals surface area contributed by atoms with Gasteiger partial charge in [0, 0.05) is 5.56 Å². The molecule has 3 aromatic rings. The van der Waals surface area contributed by atoms with Gasteiger partial charge in [0.1, 0.15) is 11.5 Å². The minimum Gasteiger partial charge on any atom is -0.455 e. The lowest BCUT2D eigenvalue weighted by Crippen LogP contribution is -2.17. The molecule has 0 fully saturated rings. The number of hydrogen-bond acceptors (Lipinski definition) is 5. The van der Waals surface area contributed by atoms with Gasteiger partial charge >= 0.3 is 5.91 Å². The number of benzene rings is 2. The Labute approximate surface area is 170 Å². The number of hydrazone groups is 1. The smallest absolute Gasteiger partial charge is 0.307 e. The third kappa shape index (κ3) is 5.00. The molecule has 7 heteroatoms. The highest BCUT2D eigenvalue weighted by Gasteiger charge is 2.19. The van der Waals surface area contributed by atoms with E-state index in [0.29, 0.717) is 0 Å². The lowest BCUT2D eigenvalue weighted by Gasteiger charge is -2.06. The molecule has 150 valence electrons. The lowest BCUT2D eigenvalue weighted by atomic mass is 10.0. The van der Waals surface area contributed by atoms with Crippen LogP contribution in [-0.2, 0) is 15.6 Å². The first-order chi connectivity index (χ1) is 13.8. The maximum atomic E-state index is 12.4. The Morgan fingerprint density at radius 1 is 1.03 bits per heavy atom. The summed E-state index contributed by atoms with van der Waals surface area (Å²) < 4.78 is 30.2. The zero-order chi connectivity index (χ0) is 21.0. The van der Waals surface area contributed by atoms with Crippen molar-refractivity contribution in [1.29, 1.82) is 0 Å². The van der Waals surface area contributed by atoms with E-state index in [0.717, 1.165) is 22.3 Å². The molecule has 0 atom stereocenters. The molecular formula is C22H22N2O4S. The van der Waals surface area contributed by atoms with Gasteiger partial charge in [-0.2, -0.15) is 5.10 Å². The van der Waals surface area contributed by atoms with Crippen LogP contribution in [0.25, 0.3) is 0 Å². The highest BCUT2D eigenvalue weighted by molar-refractivity contribution is 7.90. The predicted molar refractivity (Wildman–Crippen MR) is 112 cm³/mol. The number of sulfone groups is 1. The molecule has 6 nitrogen and oxygen atoms in total. The van der Waals surface area contributed by atoms with Crippen LogP contribution in [0, 0.1) is 20.8 Å². The average molecular weight is 410 g/mol. The number of nitrogens with zero attached hydrogens (tertiary/aromatic N) is 1. The van der Waals surface area contributed by atoms with Crippen LogP contribution in [0.15, 0.2) is 69.0 Å². The van der Waals surface area contributed by atoms with E-state index in [1.165, 1.54) is 24.3 Å². The highest BCUT2D eigenvalue weighted by atomic mass is 32.2. The molecule has 1 heterocycles. The number of amides is 1. The number of carbonyl (C=O) groups excluding carboxylic acids is 1. The van der Waals surface area contributed by atoms with Crippen LogP contribution in [0.5, 0.6) is 0 Å². The largest absolute Gasteiger partial charge is 0.455 e. The van der Waals surface area contributed by atoms with Gasteiger partial charge in [-0.1, -0.05) is 35.9 Å². The zero-order valence-corrected chi connectivity index (χ0v) is 17.3. The van der Waals surface area contributed by atoms with E-state index in [1.807, 2.05) is 32.9 Å². The fourth-order valence-electron chi connectivity index (χ4n) is 3.08. The van der Waals surface area contributed by atoms with Gasteiger partial charge in [-0.25, -0.2) is 13.8 Å². The van der Waals surface area contributed by atoms with Crippen LogP contribution in [0.3, 0.4) is 0 Å². The van der Waals surface area contributed by atoms with Crippen molar-refractivity contribution in [2.24, 2.45) is 5.10 Å². The fraction of sp³-hybridized carbons (Fsp3) is 0.182. The average Bonchev–Trinajstić information content (AvgIpc) is 3.12. The Morgan fingerprint density at radius 3 is 2.34 bits per heavy atom. The van der Waals surface area contributed by atoms with Crippen molar-refractivity contribution in [2.45, 2.75) is 31.4 Å². The Bertz CT molecular complexity index is 1140. The van der Waals surface area contributed by atoms with Gasteiger partial charge < -0.3 is 4.42 Å². The van der Waals surface area contributed by atoms with Crippen molar-refractivity contribution in [2.75, 3.05) is 0 Å². The molecule has 0 aliphatic rings. The molecule has 3 rings (SSSR count). The normalized spacial score (nSPS) is 11.7. The molecule has 29 heavy (non-hydrogen) atoms. The summed E-state index contributed by atoms with van der Waals surface area (Å²) in [7, 11) is -3.55. The second kappa shape index (κ2) is 8.45. The van der Waals surface area contributed by atoms with Crippen LogP contribution < -0.4 is 5.43 Å². The van der Waals surface area contributed by atoms with E-state index in [-0.39, 0.29) is 22.2 Å². The monoisotopic (exact) mass is 410 g/mol. The second-order valence-electron chi connectivity index (χ2n) is 6.85. The van der Waals surface area contributed by atoms with Gasteiger partial charge in [0.25, 0.3) is 0 Å². The number of nitrogens with one attached hydrogen (secondary N) is 1. The van der Waals surface area contributed by atoms with E-state index in [1.54, 1.807) is 24.4 Å². The van der Waals surface area contributed by atoms with Crippen molar-refractivity contribution >= 4 is 22.0 Å². The van der Waals surface area contributed by atoms with Crippen molar-refractivity contribution < 1.29 is 17.6 Å². The Hall–Kier alpha value is -3.19. The van der Waals surface area contributed by atoms with E-state index in [2.05, 4.69) is 10.5 Å². The Kier molecular flexibility index (Phi) is 5.98. The molecule has 0 saturated heterocycles. The van der Waals surface area contributed by atoms with Crippen LogP contribution in [0.1, 0.15) is 38.6 Å². The topological polar surface area (TPSA) is 88.7 Å². The molecule has 0 radical (unpaired) electrons. The van der Waals surface area contributed by atoms with Crippen LogP contribution in [0.2, 0.25) is 0 Å². The molecule has 0 saturated carbocycles. The molecule has 0 unspecified atom stereocenters. The molecule has 1 N–H and O–H groups in total. The molecule has 0 aliphatic carbocycles. The molecule has 0 aliphatic heterocycles. The fourth-order valence-corrected chi connectivity index (χ4v) is 4.35. The summed E-state index contributed by atoms with van der Waals surface area (Å²) in [5.41, 5.74) is 6.63. The summed E-state index contributed by atoms with van der Waals surface area (Å²) in [6.45, 7) is 5.99. The summed E-state index contributed by atoms with van der Waals surface area (Å²) in [4.78, 5) is 12.4. The summed E-state index contributed by atoms with van der Waals surface area (Å²) in [5.74, 6) is -0.687. The van der Waals surface area contributed by atoms with Gasteiger partial charge in [0.15, 0.2) is 15.6 Å². The van der Waals surface area contributed by atoms with Crippen molar-refractivity contribution in [3.8, 4) is 0 Å². The van der Waals surface area contributed by atoms with Crippen molar-refractivity contribution in [1.82, 2.24) is 5.43 Å². The SMILES string of the molecule is Cc1cc(C)c(/C=N\NC(=O)c2ccc(CS(=O)(=O)c3ccccc3)o2)c(C)c1. The van der Waals surface area contributed by atoms with Gasteiger partial charge in [0.2, 0.25) is 0 Å². The Balaban J connectivity index is 1.67. The number of carbonyl (C=O) groups is 1. The van der Waals surface area contributed by atoms with E-state index in [4.69, 9.17) is 4.42 Å². The van der Waals surface area contributed by atoms with Crippen molar-refractivity contribution in [3.63, 3.8) is 0 Å². The quantitative estimate of drug-likeness (QED) is 0.492. The molecule has 2 aromatic carbocycles. The first kappa shape index (κ1) is 20.5. The second-order valence-corrected chi connectivity index (χ2v) is 8.84. The third-order valence-electron chi connectivity index (χ3n) is 4.42. The highest BCUT2D eigenvalue weighted by Crippen LogP contribution is 2.18. The standard InChI is InChI=1S/C22H22N2O4S/c1-15-11-16(2)20(17(3)12-15)13-23-24-22(25)21-10-9-18(28-21)14-29(26,27)19-7-5-4-6-8-19/h4-13H,14H2,1-3H3,(H,24,25)/b23-13-. The molecule has 1 aromatic heterocycles. The first-order valence-corrected chi connectivity index (χ1v) is 10.7. The summed E-state index contributed by atoms with van der Waals surface area (Å²) >= 11 is 0. The third-order valence-corrected chi connectivity index (χ3v) is 6.07. The molecular weight excluding hydrogens is 388 g/mol. The molecule has 0 spiro atoms. The van der Waals surface area contributed by atoms with Gasteiger partial charge in [-0.05, 0) is 56.2 Å². The van der Waals surface area contributed by atoms with Crippen LogP contribution in [0.4, 0.5) is 0 Å². The number of furan rings is 1. The minimum absolute atomic E-state index is 0.00207. The van der Waals surface area contributed by atoms with E-state index >= 15 is 0 Å². The maximum Gasteiger partial charge on any atom is 0.307 e. The number of aryl methyl sites for hydroxylation is 3. The maximum absolute atomic E-state index is 12.4. The predicted octanol–water partition coefficient (Wildman–Crippen LogP) is 3.94. The number of rotatable bonds is 6. The van der Waals surface area contributed by atoms with Crippen LogP contribution >= 0.6 is 0 Å². The van der Waals surface area contributed by atoms with Crippen molar-refractivity contribution in [3.05, 3.63) is 88.4 Å². The molecule has 1 amide bonds. The minimum atomic E-state index is -3.55. The summed E-state index contributed by atoms with van der Waals surface area (Å²) in [6, 6.07) is 15.1. The Morgan fingerprint density at radius 2 is 1.69 bits per heavy atom. The summed E-state index contributed by atoms with van der Waals surface area (Å²) in [6.07, 6.45) is 1.59. The van der Waals surface area contributed by atoms with Gasteiger partial charge in [0.05, 0.1) is 11.1 Å². The number of hydrogen-bond donors (Lipinski definition) is 1. The summed E-state index contributed by atoms with van der Waals surface area (Å²) in [5, 5.41) is 4.00. The van der Waals surface area contributed by atoms with E-state index in [9.17, 15) is 13.2 Å².